The third-order valence-electron chi connectivity index (χ3n) is 1.97. The van der Waals surface area contributed by atoms with Crippen molar-refractivity contribution < 1.29 is 5.11 Å². The van der Waals surface area contributed by atoms with Gasteiger partial charge in [0, 0.05) is 11.3 Å². The van der Waals surface area contributed by atoms with Gasteiger partial charge in [0.25, 0.3) is 0 Å². The molecule has 3 N–H and O–H groups in total. The van der Waals surface area contributed by atoms with Crippen LogP contribution in [0.25, 0.3) is 0 Å². The van der Waals surface area contributed by atoms with E-state index in [2.05, 4.69) is 6.07 Å². The van der Waals surface area contributed by atoms with Crippen molar-refractivity contribution in [2.24, 2.45) is 0 Å². The third-order valence-corrected chi connectivity index (χ3v) is 1.97. The molecular weight excluding hydrogens is 164 g/mol. The first kappa shape index (κ1) is 9.40. The van der Waals surface area contributed by atoms with Gasteiger partial charge >= 0.3 is 0 Å². The second-order valence-corrected chi connectivity index (χ2v) is 3.51. The average molecular weight is 176 g/mol. The predicted molar refractivity (Wildman–Crippen MR) is 51.2 cm³/mol. The van der Waals surface area contributed by atoms with Gasteiger partial charge < -0.3 is 10.8 Å². The summed E-state index contributed by atoms with van der Waals surface area (Å²) in [5.74, 6) is 0.112. The summed E-state index contributed by atoms with van der Waals surface area (Å²) in [5, 5.41) is 18.4. The Kier molecular flexibility index (Phi) is 2.16. The molecule has 0 aliphatic rings. The molecule has 3 heteroatoms. The first-order valence-corrected chi connectivity index (χ1v) is 3.97. The molecule has 0 radical (unpaired) electrons. The molecule has 0 heterocycles. The molecule has 0 aromatic heterocycles. The number of hydrogen-bond acceptors (Lipinski definition) is 3. The number of nitrogens with two attached hydrogens (primary N) is 1. The first-order valence-electron chi connectivity index (χ1n) is 3.97. The number of nitrogens with zero attached hydrogens (tertiary/aromatic N) is 1. The van der Waals surface area contributed by atoms with Crippen LogP contribution in [0.4, 0.5) is 5.69 Å². The summed E-state index contributed by atoms with van der Waals surface area (Å²) < 4.78 is 0. The Labute approximate surface area is 77.4 Å². The molecule has 0 unspecified atom stereocenters. The number of anilines is 1. The molecule has 1 rings (SSSR count). The molecule has 0 fully saturated rings. The summed E-state index contributed by atoms with van der Waals surface area (Å²) in [6, 6.07) is 6.84. The third kappa shape index (κ3) is 1.73. The van der Waals surface area contributed by atoms with Gasteiger partial charge in [-0.05, 0) is 32.0 Å². The van der Waals surface area contributed by atoms with Crippen LogP contribution in [0.1, 0.15) is 19.4 Å². The van der Waals surface area contributed by atoms with Gasteiger partial charge in [-0.25, -0.2) is 0 Å². The zero-order chi connectivity index (χ0) is 10.1. The molecule has 1 aromatic carbocycles. The standard InChI is InChI=1S/C10H12N2O/c1-10(2,6-11)8-5-7(12)3-4-9(8)13/h3-5,13H,12H2,1-2H3. The summed E-state index contributed by atoms with van der Waals surface area (Å²) in [6.07, 6.45) is 0. The molecule has 0 amide bonds. The minimum atomic E-state index is -0.709. The molecule has 13 heavy (non-hydrogen) atoms. The quantitative estimate of drug-likeness (QED) is 0.506. The minimum absolute atomic E-state index is 0.112. The number of hydrogen-bond donors (Lipinski definition) is 2. The Hall–Kier alpha value is -1.69. The zero-order valence-electron chi connectivity index (χ0n) is 7.70. The van der Waals surface area contributed by atoms with Crippen LogP contribution in [0, 0.1) is 11.3 Å². The molecule has 0 saturated carbocycles. The fourth-order valence-electron chi connectivity index (χ4n) is 1.11. The van der Waals surface area contributed by atoms with Gasteiger partial charge in [-0.3, -0.25) is 0 Å². The fraction of sp³-hybridized carbons (Fsp3) is 0.300. The molecule has 0 bridgehead atoms. The lowest BCUT2D eigenvalue weighted by molar-refractivity contribution is 0.457. The first-order chi connectivity index (χ1) is 5.97. The van der Waals surface area contributed by atoms with E-state index < -0.39 is 5.41 Å². The van der Waals surface area contributed by atoms with Crippen LogP contribution >= 0.6 is 0 Å². The normalized spacial score (nSPS) is 10.8. The highest BCUT2D eigenvalue weighted by Gasteiger charge is 2.23. The van der Waals surface area contributed by atoms with Crippen molar-refractivity contribution in [2.45, 2.75) is 19.3 Å². The lowest BCUT2D eigenvalue weighted by Crippen LogP contribution is -2.14. The molecule has 0 atom stereocenters. The van der Waals surface area contributed by atoms with Gasteiger partial charge in [0.15, 0.2) is 0 Å². The van der Waals surface area contributed by atoms with Crippen LogP contribution < -0.4 is 5.73 Å². The number of phenols is 1. The van der Waals surface area contributed by atoms with Crippen LogP contribution in [0.5, 0.6) is 5.75 Å². The highest BCUT2D eigenvalue weighted by molar-refractivity contribution is 5.51. The Morgan fingerprint density at radius 1 is 1.46 bits per heavy atom. The minimum Gasteiger partial charge on any atom is -0.508 e. The zero-order valence-corrected chi connectivity index (χ0v) is 7.70. The number of nitriles is 1. The fourth-order valence-corrected chi connectivity index (χ4v) is 1.11. The average Bonchev–Trinajstić information content (AvgIpc) is 2.09. The van der Waals surface area contributed by atoms with Crippen molar-refractivity contribution in [2.75, 3.05) is 5.73 Å². The summed E-state index contributed by atoms with van der Waals surface area (Å²) in [5.41, 5.74) is 5.97. The predicted octanol–water partition coefficient (Wildman–Crippen LogP) is 1.78. The Bertz CT molecular complexity index is 364. The monoisotopic (exact) mass is 176 g/mol. The van der Waals surface area contributed by atoms with Crippen LogP contribution in [0.2, 0.25) is 0 Å². The van der Waals surface area contributed by atoms with Gasteiger partial charge in [0.2, 0.25) is 0 Å². The smallest absolute Gasteiger partial charge is 0.120 e. The Balaban J connectivity index is 3.30. The Morgan fingerprint density at radius 3 is 2.62 bits per heavy atom. The number of aromatic hydroxyl groups is 1. The van der Waals surface area contributed by atoms with Gasteiger partial charge in [-0.1, -0.05) is 0 Å². The van der Waals surface area contributed by atoms with E-state index in [0.717, 1.165) is 0 Å². The second kappa shape index (κ2) is 2.98. The van der Waals surface area contributed by atoms with Gasteiger partial charge in [-0.2, -0.15) is 5.26 Å². The van der Waals surface area contributed by atoms with E-state index in [4.69, 9.17) is 11.0 Å². The van der Waals surface area contributed by atoms with Crippen LogP contribution in [0.3, 0.4) is 0 Å². The van der Waals surface area contributed by atoms with E-state index in [9.17, 15) is 5.11 Å². The maximum absolute atomic E-state index is 9.50. The van der Waals surface area contributed by atoms with Crippen molar-refractivity contribution in [3.8, 4) is 11.8 Å². The lowest BCUT2D eigenvalue weighted by atomic mass is 9.85. The summed E-state index contributed by atoms with van der Waals surface area (Å²) >= 11 is 0. The summed E-state index contributed by atoms with van der Waals surface area (Å²) in [6.45, 7) is 3.48. The van der Waals surface area contributed by atoms with E-state index in [1.807, 2.05) is 0 Å². The van der Waals surface area contributed by atoms with Crippen LogP contribution in [0.15, 0.2) is 18.2 Å². The molecule has 0 spiro atoms. The van der Waals surface area contributed by atoms with Gasteiger partial charge in [0.1, 0.15) is 5.75 Å². The van der Waals surface area contributed by atoms with Crippen LogP contribution in [-0.4, -0.2) is 5.11 Å². The van der Waals surface area contributed by atoms with Gasteiger partial charge in [-0.15, -0.1) is 0 Å². The molecule has 3 nitrogen and oxygen atoms in total. The van der Waals surface area contributed by atoms with Crippen molar-refractivity contribution in [1.29, 1.82) is 5.26 Å². The Morgan fingerprint density at radius 2 is 2.08 bits per heavy atom. The van der Waals surface area contributed by atoms with E-state index in [-0.39, 0.29) is 5.75 Å². The topological polar surface area (TPSA) is 70.0 Å². The molecular formula is C10H12N2O. The molecule has 0 aliphatic heterocycles. The van der Waals surface area contributed by atoms with E-state index in [1.165, 1.54) is 6.07 Å². The van der Waals surface area contributed by atoms with Crippen molar-refractivity contribution in [3.05, 3.63) is 23.8 Å². The summed E-state index contributed by atoms with van der Waals surface area (Å²) in [4.78, 5) is 0. The number of benzene rings is 1. The lowest BCUT2D eigenvalue weighted by Gasteiger charge is -2.17. The van der Waals surface area contributed by atoms with E-state index >= 15 is 0 Å². The SMILES string of the molecule is CC(C)(C#N)c1cc(N)ccc1O. The van der Waals surface area contributed by atoms with Crippen molar-refractivity contribution in [3.63, 3.8) is 0 Å². The molecule has 68 valence electrons. The maximum atomic E-state index is 9.50. The second-order valence-electron chi connectivity index (χ2n) is 3.51. The number of nitrogen functional groups attached to an aromatic ring is 1. The van der Waals surface area contributed by atoms with Gasteiger partial charge in [0.05, 0.1) is 11.5 Å². The highest BCUT2D eigenvalue weighted by atomic mass is 16.3. The summed E-state index contributed by atoms with van der Waals surface area (Å²) in [7, 11) is 0. The van der Waals surface area contributed by atoms with Crippen molar-refractivity contribution in [1.82, 2.24) is 0 Å². The molecule has 0 aliphatic carbocycles. The molecule has 0 saturated heterocycles. The largest absolute Gasteiger partial charge is 0.508 e. The number of rotatable bonds is 1. The maximum Gasteiger partial charge on any atom is 0.120 e. The van der Waals surface area contributed by atoms with E-state index in [0.29, 0.717) is 11.3 Å². The van der Waals surface area contributed by atoms with E-state index in [1.54, 1.807) is 26.0 Å². The number of phenolic OH excluding ortho intramolecular Hbond substituents is 1. The molecule has 1 aromatic rings. The van der Waals surface area contributed by atoms with Crippen molar-refractivity contribution >= 4 is 5.69 Å². The van der Waals surface area contributed by atoms with Crippen LogP contribution in [-0.2, 0) is 5.41 Å². The highest BCUT2D eigenvalue weighted by Crippen LogP contribution is 2.31.